The Morgan fingerprint density at radius 2 is 1.15 bits per heavy atom. The minimum Gasteiger partial charge on any atom is -0.390 e. The molecule has 0 heterocycles. The van der Waals surface area contributed by atoms with Crippen molar-refractivity contribution in [3.8, 4) is 0 Å². The van der Waals surface area contributed by atoms with Gasteiger partial charge in [0.1, 0.15) is 18.1 Å². The van der Waals surface area contributed by atoms with E-state index in [1.54, 1.807) is 13.8 Å². The molecule has 0 saturated heterocycles. The Kier molecular flexibility index (Phi) is 19.1. The van der Waals surface area contributed by atoms with Crippen molar-refractivity contribution in [2.75, 3.05) is 0 Å². The van der Waals surface area contributed by atoms with Crippen LogP contribution in [0, 0.1) is 23.7 Å². The number of hydrogen-bond acceptors (Lipinski definition) is 6. The smallest absolute Gasteiger partial charge is 0.243 e. The maximum atomic E-state index is 13.8. The molecule has 0 bridgehead atoms. The number of aliphatic hydroxyl groups is 1. The van der Waals surface area contributed by atoms with E-state index in [0.29, 0.717) is 6.42 Å². The zero-order valence-corrected chi connectivity index (χ0v) is 30.9. The van der Waals surface area contributed by atoms with Crippen LogP contribution in [0.1, 0.15) is 107 Å². The van der Waals surface area contributed by atoms with Gasteiger partial charge in [0.25, 0.3) is 0 Å². The first-order valence-corrected chi connectivity index (χ1v) is 17.7. The quantitative estimate of drug-likeness (QED) is 0.117. The van der Waals surface area contributed by atoms with Crippen LogP contribution in [-0.2, 0) is 30.4 Å². The monoisotopic (exact) mass is 673 g/mol. The van der Waals surface area contributed by atoms with Crippen molar-refractivity contribution in [3.63, 3.8) is 0 Å². The second kappa shape index (κ2) is 21.5. The maximum absolute atomic E-state index is 13.8. The van der Waals surface area contributed by atoms with Crippen molar-refractivity contribution >= 4 is 29.5 Å². The molecule has 0 aliphatic rings. The summed E-state index contributed by atoms with van der Waals surface area (Å²) in [5.74, 6) is -2.26. The van der Waals surface area contributed by atoms with Gasteiger partial charge in [0.2, 0.25) is 29.5 Å². The van der Waals surface area contributed by atoms with Gasteiger partial charge < -0.3 is 31.7 Å². The third-order valence-electron chi connectivity index (χ3n) is 8.28. The van der Waals surface area contributed by atoms with Crippen LogP contribution in [-0.4, -0.2) is 71.0 Å². The van der Waals surface area contributed by atoms with Gasteiger partial charge in [-0.1, -0.05) is 99.6 Å². The number of amides is 5. The zero-order valence-electron chi connectivity index (χ0n) is 30.9. The van der Waals surface area contributed by atoms with E-state index in [4.69, 9.17) is 0 Å². The van der Waals surface area contributed by atoms with E-state index < -0.39 is 48.0 Å². The van der Waals surface area contributed by atoms with Crippen LogP contribution in [0.2, 0.25) is 0 Å². The van der Waals surface area contributed by atoms with Crippen molar-refractivity contribution < 1.29 is 29.1 Å². The minimum absolute atomic E-state index is 0.00179. The lowest BCUT2D eigenvalue weighted by molar-refractivity contribution is -0.134. The molecule has 5 atom stereocenters. The molecule has 1 aromatic carbocycles. The molecule has 5 amide bonds. The molecule has 0 spiro atoms. The Balaban J connectivity index is 3.17. The highest BCUT2D eigenvalue weighted by Crippen LogP contribution is 2.14. The Morgan fingerprint density at radius 1 is 0.625 bits per heavy atom. The van der Waals surface area contributed by atoms with E-state index in [0.717, 1.165) is 18.4 Å². The van der Waals surface area contributed by atoms with Crippen molar-refractivity contribution in [3.05, 3.63) is 35.9 Å². The van der Waals surface area contributed by atoms with Gasteiger partial charge in [-0.05, 0) is 54.9 Å². The highest BCUT2D eigenvalue weighted by Gasteiger charge is 2.33. The van der Waals surface area contributed by atoms with Gasteiger partial charge in [-0.15, -0.1) is 0 Å². The van der Waals surface area contributed by atoms with Crippen LogP contribution < -0.4 is 26.6 Å². The van der Waals surface area contributed by atoms with Crippen LogP contribution in [0.15, 0.2) is 30.3 Å². The third-order valence-corrected chi connectivity index (χ3v) is 8.28. The van der Waals surface area contributed by atoms with Crippen LogP contribution in [0.3, 0.4) is 0 Å². The lowest BCUT2D eigenvalue weighted by Gasteiger charge is -2.30. The number of nitrogens with one attached hydrogen (secondary N) is 5. The molecule has 0 aromatic heterocycles. The minimum atomic E-state index is -1.29. The summed E-state index contributed by atoms with van der Waals surface area (Å²) in [6.45, 7) is 19.0. The van der Waals surface area contributed by atoms with Crippen LogP contribution in [0.5, 0.6) is 0 Å². The highest BCUT2D eigenvalue weighted by molar-refractivity contribution is 5.92. The highest BCUT2D eigenvalue weighted by atomic mass is 16.3. The summed E-state index contributed by atoms with van der Waals surface area (Å²) < 4.78 is 0. The number of hydrogen-bond donors (Lipinski definition) is 6. The fourth-order valence-corrected chi connectivity index (χ4v) is 5.42. The lowest BCUT2D eigenvalue weighted by atomic mass is 9.96. The SMILES string of the molecule is CCC(CC)NC(=O)[C@@H](NC(=O)C[C@H](O)[C@H](Cc1ccccc1)NC(=O)C(NC(=O)C(CC(C)C)NC(=O)CC(C)C)C(C)C)C(C)C. The molecule has 1 rings (SSSR count). The van der Waals surface area contributed by atoms with Crippen molar-refractivity contribution in [2.24, 2.45) is 23.7 Å². The summed E-state index contributed by atoms with van der Waals surface area (Å²) in [5.41, 5.74) is 0.835. The number of benzene rings is 1. The van der Waals surface area contributed by atoms with E-state index in [-0.39, 0.29) is 60.8 Å². The molecule has 2 unspecified atom stereocenters. The van der Waals surface area contributed by atoms with Gasteiger partial charge >= 0.3 is 0 Å². The summed E-state index contributed by atoms with van der Waals surface area (Å²) in [5, 5.41) is 25.7. The van der Waals surface area contributed by atoms with E-state index in [9.17, 15) is 29.1 Å². The van der Waals surface area contributed by atoms with E-state index in [2.05, 4.69) is 26.6 Å². The topological polar surface area (TPSA) is 166 Å². The number of carbonyl (C=O) groups is 5. The largest absolute Gasteiger partial charge is 0.390 e. The molecule has 0 aliphatic heterocycles. The Morgan fingerprint density at radius 3 is 1.65 bits per heavy atom. The third kappa shape index (κ3) is 15.6. The van der Waals surface area contributed by atoms with Gasteiger partial charge in [0.05, 0.1) is 18.6 Å². The predicted molar refractivity (Wildman–Crippen MR) is 190 cm³/mol. The molecule has 11 nitrogen and oxygen atoms in total. The lowest BCUT2D eigenvalue weighted by Crippen LogP contribution is -2.58. The molecule has 272 valence electrons. The second-order valence-electron chi connectivity index (χ2n) is 14.5. The molecule has 0 radical (unpaired) electrons. The normalized spacial score (nSPS) is 14.8. The predicted octanol–water partition coefficient (Wildman–Crippen LogP) is 3.63. The van der Waals surface area contributed by atoms with Crippen LogP contribution in [0.4, 0.5) is 0 Å². The Hall–Kier alpha value is -3.47. The fourth-order valence-electron chi connectivity index (χ4n) is 5.42. The molecule has 1 aromatic rings. The zero-order chi connectivity index (χ0) is 36.6. The van der Waals surface area contributed by atoms with E-state index >= 15 is 0 Å². The first-order chi connectivity index (χ1) is 22.5. The van der Waals surface area contributed by atoms with Crippen molar-refractivity contribution in [1.29, 1.82) is 0 Å². The standard InChI is InChI=1S/C37H63N5O6/c1-11-27(12-2)38-36(47)33(24(7)8)41-32(45)21-30(43)28(20-26-16-14-13-15-17-26)40-37(48)34(25(9)10)42-35(46)29(18-22(3)4)39-31(44)19-23(5)6/h13-17,22-25,27-30,33-34,43H,11-12,18-21H2,1-10H3,(H,38,47)(H,39,44)(H,40,48)(H,41,45)(H,42,46)/t28-,29?,30-,33-,34?/m0/s1. The first-order valence-electron chi connectivity index (χ1n) is 17.7. The molecule has 0 saturated carbocycles. The van der Waals surface area contributed by atoms with Gasteiger partial charge in [-0.3, -0.25) is 24.0 Å². The first kappa shape index (κ1) is 42.6. The molecular weight excluding hydrogens is 610 g/mol. The molecule has 0 aliphatic carbocycles. The van der Waals surface area contributed by atoms with Gasteiger partial charge in [0, 0.05) is 12.5 Å². The molecule has 0 fully saturated rings. The van der Waals surface area contributed by atoms with E-state index in [1.807, 2.05) is 85.7 Å². The number of aliphatic hydroxyl groups excluding tert-OH is 1. The van der Waals surface area contributed by atoms with Crippen molar-refractivity contribution in [2.45, 2.75) is 144 Å². The van der Waals surface area contributed by atoms with Crippen molar-refractivity contribution in [1.82, 2.24) is 26.6 Å². The summed E-state index contributed by atoms with van der Waals surface area (Å²) in [6.07, 6.45) is 0.798. The summed E-state index contributed by atoms with van der Waals surface area (Å²) >= 11 is 0. The molecule has 6 N–H and O–H groups in total. The Labute approximate surface area is 288 Å². The maximum Gasteiger partial charge on any atom is 0.243 e. The average molecular weight is 674 g/mol. The van der Waals surface area contributed by atoms with Gasteiger partial charge in [0.15, 0.2) is 0 Å². The average Bonchev–Trinajstić information content (AvgIpc) is 2.99. The fraction of sp³-hybridized carbons (Fsp3) is 0.703. The number of carbonyl (C=O) groups excluding carboxylic acids is 5. The van der Waals surface area contributed by atoms with Crippen LogP contribution in [0.25, 0.3) is 0 Å². The van der Waals surface area contributed by atoms with Crippen LogP contribution >= 0.6 is 0 Å². The Bertz CT molecular complexity index is 1150. The second-order valence-corrected chi connectivity index (χ2v) is 14.5. The molecule has 48 heavy (non-hydrogen) atoms. The summed E-state index contributed by atoms with van der Waals surface area (Å²) in [6, 6.07) is 5.84. The summed E-state index contributed by atoms with van der Waals surface area (Å²) in [4.78, 5) is 65.9. The van der Waals surface area contributed by atoms with Gasteiger partial charge in [-0.25, -0.2) is 0 Å². The summed E-state index contributed by atoms with van der Waals surface area (Å²) in [7, 11) is 0. The molecular formula is C37H63N5O6. The molecule has 11 heteroatoms. The van der Waals surface area contributed by atoms with E-state index in [1.165, 1.54) is 0 Å². The van der Waals surface area contributed by atoms with Gasteiger partial charge in [-0.2, -0.15) is 0 Å². The number of rotatable bonds is 21.